The number of rotatable bonds is 2. The molecule has 0 amide bonds. The molecular weight excluding hydrogens is 255 g/mol. The van der Waals surface area contributed by atoms with E-state index in [1.54, 1.807) is 12.1 Å². The molecule has 0 spiro atoms. The number of carbonyl (C=O) groups is 1. The predicted molar refractivity (Wildman–Crippen MR) is 56.0 cm³/mol. The van der Waals surface area contributed by atoms with Gasteiger partial charge < -0.3 is 0 Å². The normalized spacial score (nSPS) is 12.6. The first-order chi connectivity index (χ1) is 6.02. The second-order valence-electron chi connectivity index (χ2n) is 2.68. The number of Topliss-reactive ketones (excluding diaryl/α,β-unsaturated/α-hetero) is 1. The molecule has 70 valence electrons. The fourth-order valence-corrected chi connectivity index (χ4v) is 1.43. The molecule has 0 bridgehead atoms. The first-order valence-electron chi connectivity index (χ1n) is 3.65. The molecule has 0 aliphatic carbocycles. The number of ketones is 1. The molecule has 4 heteroatoms. The molecule has 1 rings (SSSR count). The number of benzene rings is 1. The average Bonchev–Trinajstić information content (AvgIpc) is 2.08. The monoisotopic (exact) mass is 262 g/mol. The lowest BCUT2D eigenvalue weighted by atomic mass is 10.1. The summed E-state index contributed by atoms with van der Waals surface area (Å²) in [6.07, 6.45) is 0. The highest BCUT2D eigenvalue weighted by Gasteiger charge is 2.13. The van der Waals surface area contributed by atoms with Crippen LogP contribution in [0.2, 0.25) is 0 Å². The fraction of sp³-hybridized carbons (Fsp3) is 0.222. The third-order valence-corrected chi connectivity index (χ3v) is 3.14. The van der Waals surface area contributed by atoms with Gasteiger partial charge in [0.25, 0.3) is 0 Å². The largest absolute Gasteiger partial charge is 0.298 e. The Morgan fingerprint density at radius 3 is 2.69 bits per heavy atom. The van der Waals surface area contributed by atoms with E-state index in [0.717, 1.165) is 5.56 Å². The Morgan fingerprint density at radius 2 is 2.23 bits per heavy atom. The lowest BCUT2D eigenvalue weighted by Crippen LogP contribution is -2.01. The molecule has 0 radical (unpaired) electrons. The number of thiol groups is 1. The Balaban J connectivity index is 3.03. The van der Waals surface area contributed by atoms with Gasteiger partial charge in [-0.25, -0.2) is 4.39 Å². The lowest BCUT2D eigenvalue weighted by Gasteiger charge is -2.06. The minimum absolute atomic E-state index is 0.0145. The smallest absolute Gasteiger partial charge is 0.147 e. The molecule has 1 unspecified atom stereocenters. The van der Waals surface area contributed by atoms with Crippen molar-refractivity contribution in [3.05, 3.63) is 29.6 Å². The Bertz CT molecular complexity index is 340. The van der Waals surface area contributed by atoms with Gasteiger partial charge >= 0.3 is 0 Å². The van der Waals surface area contributed by atoms with Gasteiger partial charge in [-0.15, -0.1) is 12.6 Å². The van der Waals surface area contributed by atoms with Gasteiger partial charge in [0.1, 0.15) is 11.6 Å². The SMILES string of the molecule is CC(=O)C(Br)c1ccc(F)c(S)c1. The minimum atomic E-state index is -0.379. The number of hydrogen-bond donors (Lipinski definition) is 1. The molecule has 1 aromatic carbocycles. The topological polar surface area (TPSA) is 17.1 Å². The first-order valence-corrected chi connectivity index (χ1v) is 5.01. The van der Waals surface area contributed by atoms with E-state index in [1.165, 1.54) is 13.0 Å². The highest BCUT2D eigenvalue weighted by atomic mass is 79.9. The van der Waals surface area contributed by atoms with Gasteiger partial charge in [0.2, 0.25) is 0 Å². The maximum Gasteiger partial charge on any atom is 0.147 e. The molecule has 0 aliphatic heterocycles. The Morgan fingerprint density at radius 1 is 1.62 bits per heavy atom. The van der Waals surface area contributed by atoms with Crippen molar-refractivity contribution in [2.75, 3.05) is 0 Å². The zero-order valence-electron chi connectivity index (χ0n) is 6.92. The van der Waals surface area contributed by atoms with E-state index >= 15 is 0 Å². The number of carbonyl (C=O) groups excluding carboxylic acids is 1. The van der Waals surface area contributed by atoms with Crippen molar-refractivity contribution >= 4 is 34.3 Å². The molecule has 0 N–H and O–H groups in total. The van der Waals surface area contributed by atoms with Gasteiger partial charge in [0.15, 0.2) is 0 Å². The van der Waals surface area contributed by atoms with Crippen LogP contribution in [-0.4, -0.2) is 5.78 Å². The molecule has 1 nitrogen and oxygen atoms in total. The van der Waals surface area contributed by atoms with E-state index < -0.39 is 0 Å². The van der Waals surface area contributed by atoms with Gasteiger partial charge in [0.05, 0.1) is 4.83 Å². The molecule has 0 fully saturated rings. The third kappa shape index (κ3) is 2.54. The van der Waals surface area contributed by atoms with E-state index in [2.05, 4.69) is 28.6 Å². The highest BCUT2D eigenvalue weighted by Crippen LogP contribution is 2.26. The second kappa shape index (κ2) is 4.24. The van der Waals surface area contributed by atoms with E-state index in [9.17, 15) is 9.18 Å². The summed E-state index contributed by atoms with van der Waals surface area (Å²) in [4.78, 5) is 10.9. The molecule has 1 atom stereocenters. The average molecular weight is 263 g/mol. The standard InChI is InChI=1S/C9H8BrFOS/c1-5(12)9(10)6-2-3-7(11)8(13)4-6/h2-4,9,13H,1H3. The minimum Gasteiger partial charge on any atom is -0.298 e. The third-order valence-electron chi connectivity index (χ3n) is 1.62. The lowest BCUT2D eigenvalue weighted by molar-refractivity contribution is -0.116. The zero-order valence-corrected chi connectivity index (χ0v) is 9.40. The maximum atomic E-state index is 12.8. The van der Waals surface area contributed by atoms with Gasteiger partial charge in [-0.1, -0.05) is 22.0 Å². The fourth-order valence-electron chi connectivity index (χ4n) is 0.922. The van der Waals surface area contributed by atoms with E-state index in [-0.39, 0.29) is 21.3 Å². The zero-order chi connectivity index (χ0) is 10.0. The van der Waals surface area contributed by atoms with Crippen molar-refractivity contribution in [1.29, 1.82) is 0 Å². The van der Waals surface area contributed by atoms with Crippen LogP contribution in [-0.2, 0) is 4.79 Å². The summed E-state index contributed by atoms with van der Waals surface area (Å²) in [7, 11) is 0. The summed E-state index contributed by atoms with van der Waals surface area (Å²) >= 11 is 7.13. The summed E-state index contributed by atoms with van der Waals surface area (Å²) in [5.74, 6) is -0.394. The van der Waals surface area contributed by atoms with Crippen molar-refractivity contribution in [3.63, 3.8) is 0 Å². The molecule has 0 heterocycles. The van der Waals surface area contributed by atoms with Crippen LogP contribution >= 0.6 is 28.6 Å². The van der Waals surface area contributed by atoms with Crippen LogP contribution < -0.4 is 0 Å². The predicted octanol–water partition coefficient (Wildman–Crippen LogP) is 3.14. The highest BCUT2D eigenvalue weighted by molar-refractivity contribution is 9.09. The molecule has 13 heavy (non-hydrogen) atoms. The van der Waals surface area contributed by atoms with Gasteiger partial charge in [-0.3, -0.25) is 4.79 Å². The number of alkyl halides is 1. The van der Waals surface area contributed by atoms with Gasteiger partial charge in [-0.2, -0.15) is 0 Å². The summed E-state index contributed by atoms with van der Waals surface area (Å²) in [6, 6.07) is 4.41. The Hall–Kier alpha value is -0.350. The van der Waals surface area contributed by atoms with Crippen LogP contribution in [0.15, 0.2) is 23.1 Å². The second-order valence-corrected chi connectivity index (χ2v) is 4.08. The van der Waals surface area contributed by atoms with Crippen LogP contribution in [0.25, 0.3) is 0 Å². The van der Waals surface area contributed by atoms with E-state index in [4.69, 9.17) is 0 Å². The van der Waals surface area contributed by atoms with E-state index in [1.807, 2.05) is 0 Å². The number of halogens is 2. The van der Waals surface area contributed by atoms with E-state index in [0.29, 0.717) is 0 Å². The van der Waals surface area contributed by atoms with Crippen LogP contribution in [0.5, 0.6) is 0 Å². The summed E-state index contributed by atoms with van der Waals surface area (Å²) in [5.41, 5.74) is 0.721. The molecule has 0 aromatic heterocycles. The molecular formula is C9H8BrFOS. The van der Waals surface area contributed by atoms with Crippen LogP contribution in [0.3, 0.4) is 0 Å². The molecule has 0 saturated heterocycles. The molecule has 0 aliphatic rings. The Labute approximate surface area is 89.9 Å². The van der Waals surface area contributed by atoms with Crippen molar-refractivity contribution in [1.82, 2.24) is 0 Å². The van der Waals surface area contributed by atoms with Crippen LogP contribution in [0, 0.1) is 5.82 Å². The summed E-state index contributed by atoms with van der Waals surface area (Å²) < 4.78 is 12.8. The Kier molecular flexibility index (Phi) is 3.50. The molecule has 1 aromatic rings. The molecule has 0 saturated carbocycles. The first kappa shape index (κ1) is 10.7. The van der Waals surface area contributed by atoms with Gasteiger partial charge in [-0.05, 0) is 24.6 Å². The summed E-state index contributed by atoms with van der Waals surface area (Å²) in [6.45, 7) is 1.47. The summed E-state index contributed by atoms with van der Waals surface area (Å²) in [5, 5.41) is 0. The van der Waals surface area contributed by atoms with Crippen LogP contribution in [0.4, 0.5) is 4.39 Å². The van der Waals surface area contributed by atoms with Crippen LogP contribution in [0.1, 0.15) is 17.3 Å². The van der Waals surface area contributed by atoms with Gasteiger partial charge in [0, 0.05) is 4.90 Å². The van der Waals surface area contributed by atoms with Crippen molar-refractivity contribution in [3.8, 4) is 0 Å². The van der Waals surface area contributed by atoms with Crippen molar-refractivity contribution in [2.24, 2.45) is 0 Å². The number of hydrogen-bond acceptors (Lipinski definition) is 2. The van der Waals surface area contributed by atoms with Crippen molar-refractivity contribution in [2.45, 2.75) is 16.6 Å². The van der Waals surface area contributed by atoms with Crippen molar-refractivity contribution < 1.29 is 9.18 Å². The quantitative estimate of drug-likeness (QED) is 0.640. The maximum absolute atomic E-state index is 12.8.